The predicted molar refractivity (Wildman–Crippen MR) is 75.7 cm³/mol. The second-order valence-corrected chi connectivity index (χ2v) is 5.02. The Bertz CT molecular complexity index is 571. The molecule has 0 radical (unpaired) electrons. The number of piperazine rings is 1. The van der Waals surface area contributed by atoms with Crippen LogP contribution in [0.15, 0.2) is 24.3 Å². The van der Waals surface area contributed by atoms with Crippen LogP contribution in [0.2, 0.25) is 0 Å². The van der Waals surface area contributed by atoms with Gasteiger partial charge >= 0.3 is 17.8 Å². The van der Waals surface area contributed by atoms with E-state index in [0.717, 1.165) is 6.42 Å². The van der Waals surface area contributed by atoms with Gasteiger partial charge in [0.1, 0.15) is 0 Å². The highest BCUT2D eigenvalue weighted by atomic mass is 16.4. The number of nitrogens with zero attached hydrogens (tertiary/aromatic N) is 2. The zero-order chi connectivity index (χ0) is 15.4. The maximum absolute atomic E-state index is 12.1. The summed E-state index contributed by atoms with van der Waals surface area (Å²) in [6, 6.07) is 6.41. The van der Waals surface area contributed by atoms with E-state index in [1.54, 1.807) is 17.0 Å². The van der Waals surface area contributed by atoms with Crippen molar-refractivity contribution in [2.75, 3.05) is 19.6 Å². The average molecular weight is 290 g/mol. The molecule has 21 heavy (non-hydrogen) atoms. The molecule has 0 atom stereocenters. The molecule has 6 heteroatoms. The highest BCUT2D eigenvalue weighted by Gasteiger charge is 2.31. The van der Waals surface area contributed by atoms with Gasteiger partial charge in [0.25, 0.3) is 0 Å². The van der Waals surface area contributed by atoms with Crippen LogP contribution < -0.4 is 0 Å². The lowest BCUT2D eigenvalue weighted by atomic mass is 10.1. The average Bonchev–Trinajstić information content (AvgIpc) is 2.47. The molecule has 1 aliphatic heterocycles. The molecule has 0 spiro atoms. The minimum atomic E-state index is -1.01. The van der Waals surface area contributed by atoms with Crippen LogP contribution in [0.5, 0.6) is 0 Å². The largest absolute Gasteiger partial charge is 0.478 e. The van der Waals surface area contributed by atoms with Crippen LogP contribution in [0.4, 0.5) is 0 Å². The number of carbonyl (C=O) groups is 3. The molecule has 112 valence electrons. The number of rotatable bonds is 5. The van der Waals surface area contributed by atoms with Crippen molar-refractivity contribution in [2.24, 2.45) is 0 Å². The second-order valence-electron chi connectivity index (χ2n) is 5.02. The Morgan fingerprint density at radius 3 is 2.52 bits per heavy atom. The molecule has 1 fully saturated rings. The molecule has 1 saturated heterocycles. The normalized spacial score (nSPS) is 15.5. The Hall–Kier alpha value is -2.37. The Morgan fingerprint density at radius 1 is 1.19 bits per heavy atom. The standard InChI is InChI=1S/C15H18N2O4/c1-2-6-16-7-8-17(14(19)13(16)18)10-11-4-3-5-12(9-11)15(20)21/h3-5,9H,2,6-8,10H2,1H3,(H,20,21). The van der Waals surface area contributed by atoms with Crippen molar-refractivity contribution in [1.29, 1.82) is 0 Å². The Morgan fingerprint density at radius 2 is 1.86 bits per heavy atom. The van der Waals surface area contributed by atoms with Crippen LogP contribution in [0.1, 0.15) is 29.3 Å². The summed E-state index contributed by atoms with van der Waals surface area (Å²) in [6.07, 6.45) is 0.819. The number of carboxylic acid groups (broad SMARTS) is 1. The molecular weight excluding hydrogens is 272 g/mol. The first kappa shape index (κ1) is 15.0. The van der Waals surface area contributed by atoms with E-state index in [9.17, 15) is 14.4 Å². The summed E-state index contributed by atoms with van der Waals surface area (Å²) in [5, 5.41) is 8.96. The minimum Gasteiger partial charge on any atom is -0.478 e. The first-order valence-electron chi connectivity index (χ1n) is 6.93. The Kier molecular flexibility index (Phi) is 4.57. The zero-order valence-corrected chi connectivity index (χ0v) is 11.9. The van der Waals surface area contributed by atoms with E-state index in [1.807, 2.05) is 6.92 Å². The van der Waals surface area contributed by atoms with Crippen molar-refractivity contribution in [2.45, 2.75) is 19.9 Å². The summed E-state index contributed by atoms with van der Waals surface area (Å²) in [6.45, 7) is 3.80. The lowest BCUT2D eigenvalue weighted by Gasteiger charge is -2.33. The number of aromatic carboxylic acids is 1. The molecule has 0 aromatic heterocycles. The molecule has 1 N–H and O–H groups in total. The quantitative estimate of drug-likeness (QED) is 0.820. The molecule has 0 saturated carbocycles. The predicted octanol–water partition coefficient (Wildman–Crippen LogP) is 0.966. The summed E-state index contributed by atoms with van der Waals surface area (Å²) < 4.78 is 0. The number of hydrogen-bond donors (Lipinski definition) is 1. The van der Waals surface area contributed by atoms with Crippen LogP contribution in [0, 0.1) is 0 Å². The van der Waals surface area contributed by atoms with Gasteiger partial charge in [0, 0.05) is 26.2 Å². The number of amides is 2. The van der Waals surface area contributed by atoms with Crippen LogP contribution in [-0.4, -0.2) is 52.3 Å². The smallest absolute Gasteiger partial charge is 0.335 e. The third-order valence-electron chi connectivity index (χ3n) is 3.44. The maximum Gasteiger partial charge on any atom is 0.335 e. The number of carboxylic acids is 1. The lowest BCUT2D eigenvalue weighted by molar-refractivity contribution is -0.156. The summed E-state index contributed by atoms with van der Waals surface area (Å²) in [5.41, 5.74) is 0.885. The SMILES string of the molecule is CCCN1CCN(Cc2cccc(C(=O)O)c2)C(=O)C1=O. The van der Waals surface area contributed by atoms with Gasteiger partial charge in [-0.15, -0.1) is 0 Å². The topological polar surface area (TPSA) is 77.9 Å². The summed E-state index contributed by atoms with van der Waals surface area (Å²) in [5.74, 6) is -2.00. The fourth-order valence-corrected chi connectivity index (χ4v) is 2.37. The summed E-state index contributed by atoms with van der Waals surface area (Å²) in [4.78, 5) is 37.9. The van der Waals surface area contributed by atoms with Crippen LogP contribution >= 0.6 is 0 Å². The van der Waals surface area contributed by atoms with Gasteiger partial charge in [-0.05, 0) is 24.1 Å². The summed E-state index contributed by atoms with van der Waals surface area (Å²) in [7, 11) is 0. The lowest BCUT2D eigenvalue weighted by Crippen LogP contribution is -2.53. The maximum atomic E-state index is 12.1. The van der Waals surface area contributed by atoms with Gasteiger partial charge in [0.2, 0.25) is 0 Å². The van der Waals surface area contributed by atoms with Crippen molar-refractivity contribution >= 4 is 17.8 Å². The highest BCUT2D eigenvalue weighted by molar-refractivity contribution is 6.35. The van der Waals surface area contributed by atoms with Crippen molar-refractivity contribution in [3.05, 3.63) is 35.4 Å². The van der Waals surface area contributed by atoms with E-state index in [0.29, 0.717) is 25.2 Å². The first-order chi connectivity index (χ1) is 10.0. The van der Waals surface area contributed by atoms with Crippen LogP contribution in [0.3, 0.4) is 0 Å². The van der Waals surface area contributed by atoms with E-state index in [1.165, 1.54) is 17.0 Å². The van der Waals surface area contributed by atoms with Gasteiger partial charge < -0.3 is 14.9 Å². The molecule has 2 rings (SSSR count). The fraction of sp³-hybridized carbons (Fsp3) is 0.400. The third-order valence-corrected chi connectivity index (χ3v) is 3.44. The molecule has 0 unspecified atom stereocenters. The van der Waals surface area contributed by atoms with E-state index >= 15 is 0 Å². The Labute approximate surface area is 123 Å². The number of carbonyl (C=O) groups excluding carboxylic acids is 2. The van der Waals surface area contributed by atoms with Gasteiger partial charge in [-0.2, -0.15) is 0 Å². The van der Waals surface area contributed by atoms with Crippen molar-refractivity contribution < 1.29 is 19.5 Å². The van der Waals surface area contributed by atoms with Crippen LogP contribution in [0.25, 0.3) is 0 Å². The van der Waals surface area contributed by atoms with Crippen molar-refractivity contribution in [3.63, 3.8) is 0 Å². The summed E-state index contributed by atoms with van der Waals surface area (Å²) >= 11 is 0. The monoisotopic (exact) mass is 290 g/mol. The molecule has 1 aliphatic rings. The van der Waals surface area contributed by atoms with Gasteiger partial charge in [0.15, 0.2) is 0 Å². The molecule has 1 heterocycles. The molecule has 1 aromatic carbocycles. The minimum absolute atomic E-state index is 0.177. The van der Waals surface area contributed by atoms with Crippen LogP contribution in [-0.2, 0) is 16.1 Å². The van der Waals surface area contributed by atoms with Gasteiger partial charge in [-0.25, -0.2) is 4.79 Å². The number of benzene rings is 1. The molecule has 0 bridgehead atoms. The van der Waals surface area contributed by atoms with Gasteiger partial charge in [-0.3, -0.25) is 9.59 Å². The number of hydrogen-bond acceptors (Lipinski definition) is 3. The molecule has 1 aromatic rings. The van der Waals surface area contributed by atoms with Crippen molar-refractivity contribution in [1.82, 2.24) is 9.80 Å². The van der Waals surface area contributed by atoms with Crippen molar-refractivity contribution in [3.8, 4) is 0 Å². The second kappa shape index (κ2) is 6.39. The van der Waals surface area contributed by atoms with Gasteiger partial charge in [0.05, 0.1) is 5.56 Å². The van der Waals surface area contributed by atoms with E-state index in [2.05, 4.69) is 0 Å². The zero-order valence-electron chi connectivity index (χ0n) is 11.9. The fourth-order valence-electron chi connectivity index (χ4n) is 2.37. The third kappa shape index (κ3) is 3.39. The molecule has 0 aliphatic carbocycles. The Balaban J connectivity index is 2.07. The van der Waals surface area contributed by atoms with E-state index in [-0.39, 0.29) is 12.1 Å². The molecule has 2 amide bonds. The first-order valence-corrected chi connectivity index (χ1v) is 6.93. The molecular formula is C15H18N2O4. The van der Waals surface area contributed by atoms with E-state index in [4.69, 9.17) is 5.11 Å². The van der Waals surface area contributed by atoms with E-state index < -0.39 is 17.8 Å². The van der Waals surface area contributed by atoms with Gasteiger partial charge in [-0.1, -0.05) is 19.1 Å². The molecule has 6 nitrogen and oxygen atoms in total. The highest BCUT2D eigenvalue weighted by Crippen LogP contribution is 2.12.